The standard InChI is InChI=1S/C15H17F3N2O/c16-15(17,18)14-8-12(6-5-11(14)9-19)20-7-3-1-2-4-13(20)10-21/h5-6,8,13,21H,1-4,7,10H2. The molecule has 1 saturated heterocycles. The van der Waals surface area contributed by atoms with Gasteiger partial charge in [-0.3, -0.25) is 0 Å². The first-order chi connectivity index (χ1) is 9.97. The number of benzene rings is 1. The molecule has 1 atom stereocenters. The highest BCUT2D eigenvalue weighted by Crippen LogP contribution is 2.35. The molecule has 0 aliphatic carbocycles. The second-order valence-corrected chi connectivity index (χ2v) is 5.22. The molecule has 0 bridgehead atoms. The molecule has 114 valence electrons. The summed E-state index contributed by atoms with van der Waals surface area (Å²) in [5.74, 6) is 0. The summed E-state index contributed by atoms with van der Waals surface area (Å²) in [5.41, 5.74) is -0.868. The van der Waals surface area contributed by atoms with Gasteiger partial charge in [0.2, 0.25) is 0 Å². The lowest BCUT2D eigenvalue weighted by molar-refractivity contribution is -0.137. The van der Waals surface area contributed by atoms with Crippen LogP contribution in [0, 0.1) is 11.3 Å². The number of hydrogen-bond acceptors (Lipinski definition) is 3. The van der Waals surface area contributed by atoms with Crippen molar-refractivity contribution in [3.05, 3.63) is 29.3 Å². The van der Waals surface area contributed by atoms with Crippen LogP contribution in [0.1, 0.15) is 36.8 Å². The van der Waals surface area contributed by atoms with Crippen molar-refractivity contribution in [2.45, 2.75) is 37.9 Å². The molecule has 1 aromatic rings. The van der Waals surface area contributed by atoms with E-state index in [0.29, 0.717) is 12.2 Å². The van der Waals surface area contributed by atoms with Crippen LogP contribution < -0.4 is 4.90 Å². The van der Waals surface area contributed by atoms with Crippen LogP contribution in [0.2, 0.25) is 0 Å². The van der Waals surface area contributed by atoms with Crippen molar-refractivity contribution >= 4 is 5.69 Å². The first-order valence-corrected chi connectivity index (χ1v) is 6.96. The van der Waals surface area contributed by atoms with E-state index in [0.717, 1.165) is 31.7 Å². The van der Waals surface area contributed by atoms with Gasteiger partial charge in [0, 0.05) is 12.2 Å². The normalized spacial score (nSPS) is 20.0. The van der Waals surface area contributed by atoms with E-state index in [4.69, 9.17) is 5.26 Å². The van der Waals surface area contributed by atoms with E-state index in [1.54, 1.807) is 6.07 Å². The number of alkyl halides is 3. The summed E-state index contributed by atoms with van der Waals surface area (Å²) in [6.07, 6.45) is -0.934. The second-order valence-electron chi connectivity index (χ2n) is 5.22. The van der Waals surface area contributed by atoms with E-state index < -0.39 is 11.7 Å². The maximum Gasteiger partial charge on any atom is 0.417 e. The van der Waals surface area contributed by atoms with Gasteiger partial charge in [-0.25, -0.2) is 0 Å². The third kappa shape index (κ3) is 3.48. The Labute approximate surface area is 121 Å². The Morgan fingerprint density at radius 2 is 2.05 bits per heavy atom. The molecule has 0 radical (unpaired) electrons. The SMILES string of the molecule is N#Cc1ccc(N2CCCCCC2CO)cc1C(F)(F)F. The maximum absolute atomic E-state index is 13.0. The molecular formula is C15H17F3N2O. The second kappa shape index (κ2) is 6.35. The van der Waals surface area contributed by atoms with Crippen molar-refractivity contribution in [3.63, 3.8) is 0 Å². The zero-order valence-electron chi connectivity index (χ0n) is 11.5. The number of aliphatic hydroxyl groups excluding tert-OH is 1. The fraction of sp³-hybridized carbons (Fsp3) is 0.533. The smallest absolute Gasteiger partial charge is 0.394 e. The van der Waals surface area contributed by atoms with E-state index in [1.807, 2.05) is 4.90 Å². The summed E-state index contributed by atoms with van der Waals surface area (Å²) in [6, 6.07) is 5.17. The van der Waals surface area contributed by atoms with Crippen LogP contribution in [-0.2, 0) is 6.18 Å². The number of halogens is 3. The third-order valence-electron chi connectivity index (χ3n) is 3.85. The van der Waals surface area contributed by atoms with Crippen LogP contribution >= 0.6 is 0 Å². The molecule has 6 heteroatoms. The van der Waals surface area contributed by atoms with Gasteiger partial charge in [0.15, 0.2) is 0 Å². The van der Waals surface area contributed by atoms with Crippen LogP contribution in [0.15, 0.2) is 18.2 Å². The highest BCUT2D eigenvalue weighted by atomic mass is 19.4. The molecule has 0 aromatic heterocycles. The van der Waals surface area contributed by atoms with Crippen LogP contribution in [-0.4, -0.2) is 24.3 Å². The number of nitrogens with zero attached hydrogens (tertiary/aromatic N) is 2. The lowest BCUT2D eigenvalue weighted by Crippen LogP contribution is -2.37. The molecule has 1 unspecified atom stereocenters. The van der Waals surface area contributed by atoms with Gasteiger partial charge < -0.3 is 10.0 Å². The number of anilines is 1. The van der Waals surface area contributed by atoms with Gasteiger partial charge in [0.25, 0.3) is 0 Å². The summed E-state index contributed by atoms with van der Waals surface area (Å²) >= 11 is 0. The van der Waals surface area contributed by atoms with Crippen molar-refractivity contribution in [1.29, 1.82) is 5.26 Å². The quantitative estimate of drug-likeness (QED) is 0.911. The van der Waals surface area contributed by atoms with Crippen molar-refractivity contribution in [1.82, 2.24) is 0 Å². The van der Waals surface area contributed by atoms with Crippen molar-refractivity contribution in [2.24, 2.45) is 0 Å². The number of hydrogen-bond donors (Lipinski definition) is 1. The molecule has 1 N–H and O–H groups in total. The van der Waals surface area contributed by atoms with Crippen molar-refractivity contribution in [2.75, 3.05) is 18.1 Å². The fourth-order valence-corrected chi connectivity index (χ4v) is 2.75. The Hall–Kier alpha value is -1.74. The Morgan fingerprint density at radius 1 is 1.29 bits per heavy atom. The van der Waals surface area contributed by atoms with Gasteiger partial charge in [0.05, 0.1) is 29.8 Å². The first-order valence-electron chi connectivity index (χ1n) is 6.96. The lowest BCUT2D eigenvalue weighted by Gasteiger charge is -2.31. The zero-order chi connectivity index (χ0) is 15.5. The minimum Gasteiger partial charge on any atom is -0.394 e. The summed E-state index contributed by atoms with van der Waals surface area (Å²) < 4.78 is 39.1. The molecule has 1 aliphatic rings. The Bertz CT molecular complexity index is 537. The lowest BCUT2D eigenvalue weighted by atomic mass is 10.0. The zero-order valence-corrected chi connectivity index (χ0v) is 11.5. The van der Waals surface area contributed by atoms with E-state index in [2.05, 4.69) is 0 Å². The molecule has 21 heavy (non-hydrogen) atoms. The maximum atomic E-state index is 13.0. The predicted molar refractivity (Wildman–Crippen MR) is 72.8 cm³/mol. The number of rotatable bonds is 2. The Balaban J connectivity index is 2.41. The van der Waals surface area contributed by atoms with Crippen LogP contribution in [0.5, 0.6) is 0 Å². The van der Waals surface area contributed by atoms with Crippen LogP contribution in [0.4, 0.5) is 18.9 Å². The molecule has 0 spiro atoms. The summed E-state index contributed by atoms with van der Waals surface area (Å²) in [4.78, 5) is 1.82. The fourth-order valence-electron chi connectivity index (χ4n) is 2.75. The minimum absolute atomic E-state index is 0.0820. The van der Waals surface area contributed by atoms with Gasteiger partial charge in [0.1, 0.15) is 0 Å². The van der Waals surface area contributed by atoms with Crippen molar-refractivity contribution in [3.8, 4) is 6.07 Å². The molecule has 1 heterocycles. The third-order valence-corrected chi connectivity index (χ3v) is 3.85. The molecule has 2 rings (SSSR count). The largest absolute Gasteiger partial charge is 0.417 e. The van der Waals surface area contributed by atoms with Crippen LogP contribution in [0.25, 0.3) is 0 Å². The molecule has 1 fully saturated rings. The Kier molecular flexibility index (Phi) is 4.73. The average Bonchev–Trinajstić information content (AvgIpc) is 2.70. The topological polar surface area (TPSA) is 47.3 Å². The van der Waals surface area contributed by atoms with E-state index in [1.165, 1.54) is 12.1 Å². The highest BCUT2D eigenvalue weighted by molar-refractivity contribution is 5.55. The average molecular weight is 298 g/mol. The highest BCUT2D eigenvalue weighted by Gasteiger charge is 2.34. The molecule has 3 nitrogen and oxygen atoms in total. The molecular weight excluding hydrogens is 281 g/mol. The van der Waals surface area contributed by atoms with Gasteiger partial charge in [-0.2, -0.15) is 18.4 Å². The number of nitriles is 1. The summed E-state index contributed by atoms with van der Waals surface area (Å²) in [5, 5.41) is 18.3. The number of aliphatic hydroxyl groups is 1. The summed E-state index contributed by atoms with van der Waals surface area (Å²) in [7, 11) is 0. The molecule has 1 aromatic carbocycles. The van der Waals surface area contributed by atoms with Crippen molar-refractivity contribution < 1.29 is 18.3 Å². The van der Waals surface area contributed by atoms with Gasteiger partial charge in [-0.15, -0.1) is 0 Å². The molecule has 1 aliphatic heterocycles. The molecule has 0 saturated carbocycles. The van der Waals surface area contributed by atoms with Gasteiger partial charge in [-0.05, 0) is 31.0 Å². The summed E-state index contributed by atoms with van der Waals surface area (Å²) in [6.45, 7) is 0.537. The van der Waals surface area contributed by atoms with E-state index >= 15 is 0 Å². The van der Waals surface area contributed by atoms with Gasteiger partial charge in [-0.1, -0.05) is 12.8 Å². The van der Waals surface area contributed by atoms with E-state index in [-0.39, 0.29) is 18.2 Å². The monoisotopic (exact) mass is 298 g/mol. The minimum atomic E-state index is -4.55. The first kappa shape index (κ1) is 15.6. The van der Waals surface area contributed by atoms with E-state index in [9.17, 15) is 18.3 Å². The molecule has 0 amide bonds. The predicted octanol–water partition coefficient (Wildman–Crippen LogP) is 3.32. The van der Waals surface area contributed by atoms with Gasteiger partial charge >= 0.3 is 6.18 Å². The Morgan fingerprint density at radius 3 is 2.67 bits per heavy atom. The van der Waals surface area contributed by atoms with Crippen LogP contribution in [0.3, 0.4) is 0 Å².